The van der Waals surface area contributed by atoms with Gasteiger partial charge in [0.25, 0.3) is 0 Å². The standard InChI is InChI=1S/C13H20N4/c1-15-7-4-10-17(9-3-6-14)12-13-5-2-8-16-11-13/h2,5,8,11,15H,3-4,7,9-10,12H2,1H3. The molecule has 4 nitrogen and oxygen atoms in total. The maximum Gasteiger partial charge on any atom is 0.0635 e. The number of aromatic nitrogens is 1. The third-order valence-electron chi connectivity index (χ3n) is 2.57. The van der Waals surface area contributed by atoms with Gasteiger partial charge in [-0.25, -0.2) is 0 Å². The number of pyridine rings is 1. The van der Waals surface area contributed by atoms with Crippen molar-refractivity contribution >= 4 is 0 Å². The van der Waals surface area contributed by atoms with Crippen LogP contribution in [0, 0.1) is 11.3 Å². The highest BCUT2D eigenvalue weighted by atomic mass is 15.1. The lowest BCUT2D eigenvalue weighted by atomic mass is 10.2. The molecule has 1 rings (SSSR count). The fourth-order valence-corrected chi connectivity index (χ4v) is 1.71. The Morgan fingerprint density at radius 3 is 3.00 bits per heavy atom. The summed E-state index contributed by atoms with van der Waals surface area (Å²) in [6.45, 7) is 3.72. The van der Waals surface area contributed by atoms with Crippen molar-refractivity contribution in [3.63, 3.8) is 0 Å². The summed E-state index contributed by atoms with van der Waals surface area (Å²) in [5, 5.41) is 11.8. The van der Waals surface area contributed by atoms with Crippen LogP contribution in [-0.2, 0) is 6.54 Å². The van der Waals surface area contributed by atoms with Crippen LogP contribution in [0.4, 0.5) is 0 Å². The molecule has 1 aromatic heterocycles. The van der Waals surface area contributed by atoms with Gasteiger partial charge in [0.1, 0.15) is 0 Å². The fraction of sp³-hybridized carbons (Fsp3) is 0.538. The predicted octanol–water partition coefficient (Wildman–Crippen LogP) is 1.41. The average molecular weight is 232 g/mol. The molecule has 0 aliphatic rings. The Bertz CT molecular complexity index is 331. The molecule has 0 saturated carbocycles. The molecule has 0 aliphatic heterocycles. The van der Waals surface area contributed by atoms with E-state index in [0.29, 0.717) is 6.42 Å². The number of nitrogens with one attached hydrogen (secondary N) is 1. The van der Waals surface area contributed by atoms with Crippen molar-refractivity contribution in [2.45, 2.75) is 19.4 Å². The number of hydrogen-bond donors (Lipinski definition) is 1. The van der Waals surface area contributed by atoms with Gasteiger partial charge in [0.2, 0.25) is 0 Å². The Morgan fingerprint density at radius 2 is 2.35 bits per heavy atom. The Labute approximate surface area is 103 Å². The molecular formula is C13H20N4. The van der Waals surface area contributed by atoms with Crippen molar-refractivity contribution in [1.82, 2.24) is 15.2 Å². The van der Waals surface area contributed by atoms with Gasteiger partial charge in [-0.2, -0.15) is 5.26 Å². The first kappa shape index (κ1) is 13.6. The van der Waals surface area contributed by atoms with Crippen LogP contribution in [0.3, 0.4) is 0 Å². The van der Waals surface area contributed by atoms with Crippen LogP contribution in [0.15, 0.2) is 24.5 Å². The molecule has 0 bridgehead atoms. The molecule has 0 saturated heterocycles. The summed E-state index contributed by atoms with van der Waals surface area (Å²) in [4.78, 5) is 6.41. The normalized spacial score (nSPS) is 10.4. The Balaban J connectivity index is 2.42. The van der Waals surface area contributed by atoms with Crippen molar-refractivity contribution in [1.29, 1.82) is 5.26 Å². The van der Waals surface area contributed by atoms with Crippen LogP contribution in [0.25, 0.3) is 0 Å². The molecule has 0 atom stereocenters. The SMILES string of the molecule is CNCCCN(CCC#N)Cc1cccnc1. The summed E-state index contributed by atoms with van der Waals surface area (Å²) >= 11 is 0. The monoisotopic (exact) mass is 232 g/mol. The zero-order chi connectivity index (χ0) is 12.3. The van der Waals surface area contributed by atoms with E-state index >= 15 is 0 Å². The van der Waals surface area contributed by atoms with Gasteiger partial charge in [0.15, 0.2) is 0 Å². The molecule has 0 aliphatic carbocycles. The lowest BCUT2D eigenvalue weighted by molar-refractivity contribution is 0.267. The molecule has 1 heterocycles. The summed E-state index contributed by atoms with van der Waals surface area (Å²) in [6, 6.07) is 6.23. The van der Waals surface area contributed by atoms with Crippen molar-refractivity contribution < 1.29 is 0 Å². The Morgan fingerprint density at radius 1 is 1.47 bits per heavy atom. The van der Waals surface area contributed by atoms with E-state index in [2.05, 4.69) is 27.3 Å². The molecule has 0 aromatic carbocycles. The van der Waals surface area contributed by atoms with Gasteiger partial charge in [-0.1, -0.05) is 6.07 Å². The van der Waals surface area contributed by atoms with Crippen LogP contribution in [0.1, 0.15) is 18.4 Å². The minimum atomic E-state index is 0.583. The second-order valence-corrected chi connectivity index (χ2v) is 4.00. The van der Waals surface area contributed by atoms with E-state index in [1.807, 2.05) is 19.3 Å². The summed E-state index contributed by atoms with van der Waals surface area (Å²) in [5.74, 6) is 0. The van der Waals surface area contributed by atoms with Crippen LogP contribution in [-0.4, -0.2) is 36.6 Å². The van der Waals surface area contributed by atoms with Gasteiger partial charge in [-0.3, -0.25) is 9.88 Å². The first-order valence-electron chi connectivity index (χ1n) is 5.99. The molecule has 0 fully saturated rings. The van der Waals surface area contributed by atoms with Gasteiger partial charge < -0.3 is 5.32 Å². The molecule has 92 valence electrons. The second-order valence-electron chi connectivity index (χ2n) is 4.00. The van der Waals surface area contributed by atoms with Gasteiger partial charge in [0.05, 0.1) is 6.07 Å². The smallest absolute Gasteiger partial charge is 0.0635 e. The minimum Gasteiger partial charge on any atom is -0.320 e. The molecule has 0 amide bonds. The number of hydrogen-bond acceptors (Lipinski definition) is 4. The number of nitriles is 1. The van der Waals surface area contributed by atoms with Crippen molar-refractivity contribution in [3.8, 4) is 6.07 Å². The first-order chi connectivity index (χ1) is 8.36. The topological polar surface area (TPSA) is 52.0 Å². The largest absolute Gasteiger partial charge is 0.320 e. The summed E-state index contributed by atoms with van der Waals surface area (Å²) < 4.78 is 0. The molecular weight excluding hydrogens is 212 g/mol. The Hall–Kier alpha value is -1.44. The summed E-state index contributed by atoms with van der Waals surface area (Å²) in [7, 11) is 1.96. The molecule has 1 aromatic rings. The third-order valence-corrected chi connectivity index (χ3v) is 2.57. The predicted molar refractivity (Wildman–Crippen MR) is 68.3 cm³/mol. The minimum absolute atomic E-state index is 0.583. The van der Waals surface area contributed by atoms with E-state index in [4.69, 9.17) is 5.26 Å². The van der Waals surface area contributed by atoms with Crippen molar-refractivity contribution in [3.05, 3.63) is 30.1 Å². The van der Waals surface area contributed by atoms with Crippen LogP contribution in [0.2, 0.25) is 0 Å². The fourth-order valence-electron chi connectivity index (χ4n) is 1.71. The van der Waals surface area contributed by atoms with Gasteiger partial charge in [-0.15, -0.1) is 0 Å². The summed E-state index contributed by atoms with van der Waals surface area (Å²) in [5.41, 5.74) is 1.20. The maximum absolute atomic E-state index is 8.65. The van der Waals surface area contributed by atoms with Gasteiger partial charge in [0, 0.05) is 31.9 Å². The van der Waals surface area contributed by atoms with Crippen molar-refractivity contribution in [2.75, 3.05) is 26.7 Å². The van der Waals surface area contributed by atoms with Gasteiger partial charge in [-0.05, 0) is 38.2 Å². The average Bonchev–Trinajstić information content (AvgIpc) is 2.37. The molecule has 0 unspecified atom stereocenters. The van der Waals surface area contributed by atoms with E-state index in [1.54, 1.807) is 6.20 Å². The zero-order valence-electron chi connectivity index (χ0n) is 10.4. The second kappa shape index (κ2) is 8.68. The number of rotatable bonds is 8. The highest BCUT2D eigenvalue weighted by Gasteiger charge is 2.05. The molecule has 0 radical (unpaired) electrons. The third kappa shape index (κ3) is 6.00. The molecule has 4 heteroatoms. The Kier molecular flexibility index (Phi) is 6.96. The lowest BCUT2D eigenvalue weighted by Crippen LogP contribution is -2.27. The quantitative estimate of drug-likeness (QED) is 0.688. The van der Waals surface area contributed by atoms with E-state index in [-0.39, 0.29) is 0 Å². The molecule has 17 heavy (non-hydrogen) atoms. The van der Waals surface area contributed by atoms with E-state index in [1.165, 1.54) is 5.56 Å². The highest BCUT2D eigenvalue weighted by Crippen LogP contribution is 2.04. The molecule has 0 spiro atoms. The summed E-state index contributed by atoms with van der Waals surface area (Å²) in [6.07, 6.45) is 5.35. The van der Waals surface area contributed by atoms with E-state index < -0.39 is 0 Å². The number of nitrogens with zero attached hydrogens (tertiary/aromatic N) is 3. The van der Waals surface area contributed by atoms with Gasteiger partial charge >= 0.3 is 0 Å². The van der Waals surface area contributed by atoms with Crippen LogP contribution in [0.5, 0.6) is 0 Å². The first-order valence-corrected chi connectivity index (χ1v) is 5.99. The lowest BCUT2D eigenvalue weighted by Gasteiger charge is -2.20. The molecule has 1 N–H and O–H groups in total. The maximum atomic E-state index is 8.65. The van der Waals surface area contributed by atoms with E-state index in [0.717, 1.165) is 32.6 Å². The van der Waals surface area contributed by atoms with E-state index in [9.17, 15) is 0 Å². The zero-order valence-corrected chi connectivity index (χ0v) is 10.4. The van der Waals surface area contributed by atoms with Crippen LogP contribution >= 0.6 is 0 Å². The van der Waals surface area contributed by atoms with Crippen LogP contribution < -0.4 is 5.32 Å². The van der Waals surface area contributed by atoms with Crippen molar-refractivity contribution in [2.24, 2.45) is 0 Å². The highest BCUT2D eigenvalue weighted by molar-refractivity contribution is 5.08.